The summed E-state index contributed by atoms with van der Waals surface area (Å²) in [5.41, 5.74) is 3.18. The van der Waals surface area contributed by atoms with Crippen molar-refractivity contribution in [3.05, 3.63) is 88.7 Å². The number of halogens is 1. The number of carbonyl (C=O) groups is 1. The summed E-state index contributed by atoms with van der Waals surface area (Å²) in [7, 11) is -3.88. The second kappa shape index (κ2) is 8.05. The first kappa shape index (κ1) is 20.5. The van der Waals surface area contributed by atoms with Crippen LogP contribution in [-0.2, 0) is 10.0 Å². The van der Waals surface area contributed by atoms with Crippen LogP contribution in [0.3, 0.4) is 0 Å². The molecule has 0 aromatic heterocycles. The van der Waals surface area contributed by atoms with Crippen LogP contribution in [0.1, 0.15) is 27.0 Å². The van der Waals surface area contributed by atoms with Crippen LogP contribution in [0.25, 0.3) is 0 Å². The van der Waals surface area contributed by atoms with E-state index < -0.39 is 21.7 Å². The lowest BCUT2D eigenvalue weighted by Crippen LogP contribution is -2.17. The van der Waals surface area contributed by atoms with Crippen molar-refractivity contribution in [2.24, 2.45) is 0 Å². The van der Waals surface area contributed by atoms with Gasteiger partial charge in [-0.05, 0) is 73.9 Å². The van der Waals surface area contributed by atoms with Crippen LogP contribution >= 0.6 is 0 Å². The van der Waals surface area contributed by atoms with Gasteiger partial charge in [0.2, 0.25) is 0 Å². The van der Waals surface area contributed by atoms with E-state index in [1.807, 2.05) is 13.0 Å². The number of nitrogens with one attached hydrogen (secondary N) is 2. The minimum Gasteiger partial charge on any atom is -0.322 e. The van der Waals surface area contributed by atoms with Gasteiger partial charge in [-0.3, -0.25) is 9.52 Å². The monoisotopic (exact) mass is 412 g/mol. The highest BCUT2D eigenvalue weighted by atomic mass is 32.2. The molecule has 2 N–H and O–H groups in total. The zero-order chi connectivity index (χ0) is 21.2. The molecule has 7 heteroatoms. The van der Waals surface area contributed by atoms with Crippen molar-refractivity contribution in [3.8, 4) is 0 Å². The van der Waals surface area contributed by atoms with E-state index in [2.05, 4.69) is 10.0 Å². The highest BCUT2D eigenvalue weighted by Crippen LogP contribution is 2.22. The number of sulfonamides is 1. The zero-order valence-corrected chi connectivity index (χ0v) is 17.1. The van der Waals surface area contributed by atoms with Crippen LogP contribution in [0, 0.1) is 26.6 Å². The van der Waals surface area contributed by atoms with E-state index in [1.165, 1.54) is 24.3 Å². The number of carbonyl (C=O) groups excluding carboxylic acids is 1. The predicted molar refractivity (Wildman–Crippen MR) is 112 cm³/mol. The normalized spacial score (nSPS) is 11.2. The average molecular weight is 412 g/mol. The van der Waals surface area contributed by atoms with E-state index in [1.54, 1.807) is 44.2 Å². The quantitative estimate of drug-likeness (QED) is 0.632. The average Bonchev–Trinajstić information content (AvgIpc) is 2.64. The van der Waals surface area contributed by atoms with Crippen molar-refractivity contribution in [3.63, 3.8) is 0 Å². The highest BCUT2D eigenvalue weighted by molar-refractivity contribution is 7.92. The first-order valence-electron chi connectivity index (χ1n) is 8.93. The van der Waals surface area contributed by atoms with E-state index >= 15 is 0 Å². The van der Waals surface area contributed by atoms with Crippen molar-refractivity contribution in [1.82, 2.24) is 0 Å². The Hall–Kier alpha value is -3.19. The third kappa shape index (κ3) is 4.81. The maximum absolute atomic E-state index is 13.5. The molecule has 0 saturated heterocycles. The third-order valence-corrected chi connectivity index (χ3v) is 5.86. The van der Waals surface area contributed by atoms with Gasteiger partial charge in [0, 0.05) is 16.9 Å². The molecule has 0 saturated carbocycles. The molecule has 1 amide bonds. The number of anilines is 2. The molecule has 5 nitrogen and oxygen atoms in total. The van der Waals surface area contributed by atoms with Gasteiger partial charge in [0.15, 0.2) is 0 Å². The van der Waals surface area contributed by atoms with Gasteiger partial charge in [0.25, 0.3) is 15.9 Å². The molecular weight excluding hydrogens is 391 g/mol. The van der Waals surface area contributed by atoms with Crippen molar-refractivity contribution in [2.75, 3.05) is 10.0 Å². The van der Waals surface area contributed by atoms with Crippen LogP contribution in [0.5, 0.6) is 0 Å². The van der Waals surface area contributed by atoms with E-state index in [0.29, 0.717) is 22.5 Å². The van der Waals surface area contributed by atoms with Gasteiger partial charge in [-0.2, -0.15) is 0 Å². The smallest absolute Gasteiger partial charge is 0.261 e. The lowest BCUT2D eigenvalue weighted by Gasteiger charge is -2.13. The summed E-state index contributed by atoms with van der Waals surface area (Å²) in [6, 6.07) is 15.4. The Kier molecular flexibility index (Phi) is 5.70. The highest BCUT2D eigenvalue weighted by Gasteiger charge is 2.19. The van der Waals surface area contributed by atoms with Gasteiger partial charge in [-0.25, -0.2) is 12.8 Å². The molecule has 0 spiro atoms. The Morgan fingerprint density at radius 3 is 2.34 bits per heavy atom. The van der Waals surface area contributed by atoms with Crippen LogP contribution in [0.4, 0.5) is 15.8 Å². The van der Waals surface area contributed by atoms with Crippen molar-refractivity contribution in [2.45, 2.75) is 25.7 Å². The van der Waals surface area contributed by atoms with Gasteiger partial charge in [-0.1, -0.05) is 24.3 Å². The molecule has 3 aromatic rings. The van der Waals surface area contributed by atoms with Crippen molar-refractivity contribution >= 4 is 27.3 Å². The van der Waals surface area contributed by atoms with Crippen LogP contribution < -0.4 is 10.0 Å². The molecule has 0 heterocycles. The Morgan fingerprint density at radius 1 is 0.897 bits per heavy atom. The molecule has 0 fully saturated rings. The molecule has 3 aromatic carbocycles. The molecule has 0 radical (unpaired) electrons. The van der Waals surface area contributed by atoms with Gasteiger partial charge < -0.3 is 5.32 Å². The summed E-state index contributed by atoms with van der Waals surface area (Å²) in [5, 5.41) is 2.65. The number of benzene rings is 3. The maximum Gasteiger partial charge on any atom is 0.261 e. The summed E-state index contributed by atoms with van der Waals surface area (Å²) in [6.45, 7) is 5.31. The molecule has 0 aliphatic rings. The Bertz CT molecular complexity index is 1190. The molecule has 150 valence electrons. The number of aryl methyl sites for hydroxylation is 3. The van der Waals surface area contributed by atoms with E-state index in [-0.39, 0.29) is 10.5 Å². The zero-order valence-electron chi connectivity index (χ0n) is 16.3. The molecule has 3 rings (SSSR count). The maximum atomic E-state index is 13.5. The summed E-state index contributed by atoms with van der Waals surface area (Å²) in [4.78, 5) is 12.7. The third-order valence-electron chi connectivity index (χ3n) is 4.48. The van der Waals surface area contributed by atoms with Crippen LogP contribution in [-0.4, -0.2) is 14.3 Å². The second-order valence-corrected chi connectivity index (χ2v) is 8.55. The first-order valence-corrected chi connectivity index (χ1v) is 10.4. The van der Waals surface area contributed by atoms with E-state index in [0.717, 1.165) is 5.56 Å². The Labute approximate surface area is 169 Å². The van der Waals surface area contributed by atoms with Crippen molar-refractivity contribution < 1.29 is 17.6 Å². The molecule has 0 bridgehead atoms. The van der Waals surface area contributed by atoms with Gasteiger partial charge in [0.1, 0.15) is 5.82 Å². The van der Waals surface area contributed by atoms with Crippen LogP contribution in [0.2, 0.25) is 0 Å². The second-order valence-electron chi connectivity index (χ2n) is 6.87. The standard InChI is InChI=1S/C22H21FN2O3S/c1-14-5-4-6-18(11-14)25-29(27,28)19-10-8-15(2)20(13-19)22(26)24-21-12-17(23)9-7-16(21)3/h4-13,25H,1-3H3,(H,24,26). The summed E-state index contributed by atoms with van der Waals surface area (Å²) in [5.74, 6) is -0.981. The number of rotatable bonds is 5. The van der Waals surface area contributed by atoms with Gasteiger partial charge in [0.05, 0.1) is 4.90 Å². The number of hydrogen-bond acceptors (Lipinski definition) is 3. The van der Waals surface area contributed by atoms with Crippen molar-refractivity contribution in [1.29, 1.82) is 0 Å². The fourth-order valence-corrected chi connectivity index (χ4v) is 3.93. The topological polar surface area (TPSA) is 75.3 Å². The number of hydrogen-bond donors (Lipinski definition) is 2. The first-order chi connectivity index (χ1) is 13.7. The lowest BCUT2D eigenvalue weighted by atomic mass is 10.1. The molecule has 0 unspecified atom stereocenters. The fraction of sp³-hybridized carbons (Fsp3) is 0.136. The summed E-state index contributed by atoms with van der Waals surface area (Å²) in [6.07, 6.45) is 0. The molecule has 0 aliphatic heterocycles. The molecule has 0 aliphatic carbocycles. The van der Waals surface area contributed by atoms with Gasteiger partial charge >= 0.3 is 0 Å². The summed E-state index contributed by atoms with van der Waals surface area (Å²) >= 11 is 0. The Balaban J connectivity index is 1.91. The predicted octanol–water partition coefficient (Wildman–Crippen LogP) is 4.80. The van der Waals surface area contributed by atoms with E-state index in [4.69, 9.17) is 0 Å². The minimum absolute atomic E-state index is 0.0364. The SMILES string of the molecule is Cc1cccc(NS(=O)(=O)c2ccc(C)c(C(=O)Nc3cc(F)ccc3C)c2)c1. The lowest BCUT2D eigenvalue weighted by molar-refractivity contribution is 0.102. The minimum atomic E-state index is -3.88. The molecule has 0 atom stereocenters. The van der Waals surface area contributed by atoms with E-state index in [9.17, 15) is 17.6 Å². The Morgan fingerprint density at radius 2 is 1.62 bits per heavy atom. The molecule has 29 heavy (non-hydrogen) atoms. The molecular formula is C22H21FN2O3S. The largest absolute Gasteiger partial charge is 0.322 e. The fourth-order valence-electron chi connectivity index (χ4n) is 2.85. The van der Waals surface area contributed by atoms with Gasteiger partial charge in [-0.15, -0.1) is 0 Å². The number of amides is 1. The van der Waals surface area contributed by atoms with Crippen LogP contribution in [0.15, 0.2) is 65.6 Å². The summed E-state index contributed by atoms with van der Waals surface area (Å²) < 4.78 is 41.5.